The van der Waals surface area contributed by atoms with Crippen LogP contribution in [-0.4, -0.2) is 6.04 Å². The molecule has 3 atom stereocenters. The highest BCUT2D eigenvalue weighted by Gasteiger charge is 2.69. The van der Waals surface area contributed by atoms with Gasteiger partial charge in [-0.05, 0) is 86.5 Å². The van der Waals surface area contributed by atoms with Gasteiger partial charge in [0.2, 0.25) is 0 Å². The van der Waals surface area contributed by atoms with Crippen LogP contribution in [0.3, 0.4) is 0 Å². The molecule has 0 heterocycles. The maximum absolute atomic E-state index is 3.78. The summed E-state index contributed by atoms with van der Waals surface area (Å²) in [5.74, 6) is 0.206. The number of benzene rings is 6. The van der Waals surface area contributed by atoms with Gasteiger partial charge in [0.25, 0.3) is 0 Å². The van der Waals surface area contributed by atoms with Crippen molar-refractivity contribution in [3.63, 3.8) is 0 Å². The number of allylic oxidation sites excluding steroid dienone is 4. The van der Waals surface area contributed by atoms with Gasteiger partial charge in [0, 0.05) is 28.4 Å². The predicted molar refractivity (Wildman–Crippen MR) is 193 cm³/mol. The molecule has 220 valence electrons. The van der Waals surface area contributed by atoms with Crippen molar-refractivity contribution >= 4 is 39.0 Å². The molecule has 3 aliphatic rings. The largest absolute Gasteiger partial charge is 0.378 e. The summed E-state index contributed by atoms with van der Waals surface area (Å²) >= 11 is 0. The molecule has 0 aliphatic heterocycles. The summed E-state index contributed by atoms with van der Waals surface area (Å²) in [5, 5.41) is 10.1. The molecule has 6 aromatic rings. The average Bonchev–Trinajstić information content (AvgIpc) is 4.01. The summed E-state index contributed by atoms with van der Waals surface area (Å²) in [5.41, 5.74) is 13.3. The van der Waals surface area contributed by atoms with Crippen LogP contribution >= 0.6 is 0 Å². The third-order valence-corrected chi connectivity index (χ3v) is 9.96. The lowest BCUT2D eigenvalue weighted by Gasteiger charge is -2.29. The summed E-state index contributed by atoms with van der Waals surface area (Å²) in [6, 6.07) is 54.6. The van der Waals surface area contributed by atoms with Crippen molar-refractivity contribution < 1.29 is 0 Å². The van der Waals surface area contributed by atoms with Gasteiger partial charge < -0.3 is 10.6 Å². The molecule has 0 spiro atoms. The Kier molecular flexibility index (Phi) is 6.28. The van der Waals surface area contributed by atoms with Crippen molar-refractivity contribution in [1.29, 1.82) is 0 Å². The normalized spacial score (nSPS) is 21.0. The first-order chi connectivity index (χ1) is 22.8. The minimum Gasteiger partial charge on any atom is -0.378 e. The molecule has 9 rings (SSSR count). The third-order valence-electron chi connectivity index (χ3n) is 9.96. The number of anilines is 3. The fourth-order valence-electron chi connectivity index (χ4n) is 7.57. The van der Waals surface area contributed by atoms with Crippen molar-refractivity contribution in [3.05, 3.63) is 198 Å². The maximum atomic E-state index is 3.78. The van der Waals surface area contributed by atoms with Gasteiger partial charge in [0.1, 0.15) is 0 Å². The molecule has 1 fully saturated rings. The number of hydrogen-bond donors (Lipinski definition) is 2. The van der Waals surface area contributed by atoms with E-state index < -0.39 is 0 Å². The van der Waals surface area contributed by atoms with E-state index in [0.717, 1.165) is 17.8 Å². The highest BCUT2D eigenvalue weighted by Crippen LogP contribution is 2.79. The molecule has 0 bridgehead atoms. The van der Waals surface area contributed by atoms with E-state index in [1.54, 1.807) is 5.57 Å². The lowest BCUT2D eigenvalue weighted by Crippen LogP contribution is -2.26. The second-order valence-corrected chi connectivity index (χ2v) is 12.6. The molecular weight excluding hydrogens is 556 g/mol. The second-order valence-electron chi connectivity index (χ2n) is 12.6. The zero-order valence-corrected chi connectivity index (χ0v) is 25.5. The van der Waals surface area contributed by atoms with E-state index in [4.69, 9.17) is 0 Å². The van der Waals surface area contributed by atoms with Crippen LogP contribution in [0.15, 0.2) is 175 Å². The highest BCUT2D eigenvalue weighted by molar-refractivity contribution is 6.14. The number of hydrogen-bond acceptors (Lipinski definition) is 2. The number of nitrogens with one attached hydrogen (secondary N) is 2. The first-order valence-corrected chi connectivity index (χ1v) is 16.2. The summed E-state index contributed by atoms with van der Waals surface area (Å²) in [6.07, 6.45) is 8.26. The minimum atomic E-state index is 0.0708. The van der Waals surface area contributed by atoms with E-state index in [1.165, 1.54) is 49.9 Å². The standard InChI is InChI=1S/C44H34N2/c1-4-14-30(15-5-1)38-28-31(24-27-41(38)45-32-16-6-2-7-17-32)34-25-26-37(36-21-11-10-20-35(34)36)43-40-29-44(40,43)39-22-12-13-23-42(39)46-33-18-8-3-9-19-33/h1-28,38,41,45-46H,29H2/t38?,41?,44-/m1/s1. The zero-order valence-electron chi connectivity index (χ0n) is 25.5. The van der Waals surface area contributed by atoms with Gasteiger partial charge in [-0.2, -0.15) is 0 Å². The highest BCUT2D eigenvalue weighted by atomic mass is 14.9. The van der Waals surface area contributed by atoms with Crippen molar-refractivity contribution in [3.8, 4) is 0 Å². The first kappa shape index (κ1) is 26.8. The van der Waals surface area contributed by atoms with Crippen LogP contribution in [-0.2, 0) is 5.41 Å². The van der Waals surface area contributed by atoms with Crippen LogP contribution in [0, 0.1) is 0 Å². The molecule has 0 saturated heterocycles. The number of rotatable bonds is 8. The lowest BCUT2D eigenvalue weighted by molar-refractivity contribution is 0.759. The van der Waals surface area contributed by atoms with Crippen LogP contribution in [0.2, 0.25) is 0 Å². The Morgan fingerprint density at radius 1 is 0.565 bits per heavy atom. The SMILES string of the molecule is C1=CC(Nc2ccccc2)C(c2ccccc2)C=C1c1ccc(C2=C3C[C@@]32c2ccccc2Nc2ccccc2)c2ccccc12. The molecule has 6 aromatic carbocycles. The Hall–Kier alpha value is -5.60. The summed E-state index contributed by atoms with van der Waals surface area (Å²) < 4.78 is 0. The smallest absolute Gasteiger partial charge is 0.0551 e. The van der Waals surface area contributed by atoms with Gasteiger partial charge >= 0.3 is 0 Å². The Bertz CT molecular complexity index is 2180. The van der Waals surface area contributed by atoms with Crippen molar-refractivity contribution in [2.24, 2.45) is 0 Å². The third kappa shape index (κ3) is 4.49. The second kappa shape index (κ2) is 10.8. The molecule has 3 aliphatic carbocycles. The summed E-state index contributed by atoms with van der Waals surface area (Å²) in [7, 11) is 0. The van der Waals surface area contributed by atoms with E-state index in [0.29, 0.717) is 0 Å². The van der Waals surface area contributed by atoms with Gasteiger partial charge in [0.05, 0.1) is 6.04 Å². The average molecular weight is 591 g/mol. The van der Waals surface area contributed by atoms with Gasteiger partial charge in [0.15, 0.2) is 0 Å². The van der Waals surface area contributed by atoms with E-state index in [-0.39, 0.29) is 17.4 Å². The van der Waals surface area contributed by atoms with E-state index in [1.807, 2.05) is 0 Å². The molecule has 2 nitrogen and oxygen atoms in total. The Labute approximate surface area is 270 Å². The predicted octanol–water partition coefficient (Wildman–Crippen LogP) is 10.9. The molecular formula is C44H34N2. The number of para-hydroxylation sites is 3. The monoisotopic (exact) mass is 590 g/mol. The van der Waals surface area contributed by atoms with Gasteiger partial charge in [-0.1, -0.05) is 140 Å². The molecule has 2 heteroatoms. The Balaban J connectivity index is 1.07. The van der Waals surface area contributed by atoms with Crippen LogP contribution in [0.1, 0.15) is 34.6 Å². The molecule has 1 saturated carbocycles. The fourth-order valence-corrected chi connectivity index (χ4v) is 7.57. The van der Waals surface area contributed by atoms with Gasteiger partial charge in [-0.3, -0.25) is 0 Å². The van der Waals surface area contributed by atoms with E-state index >= 15 is 0 Å². The molecule has 0 aromatic heterocycles. The maximum Gasteiger partial charge on any atom is 0.0551 e. The van der Waals surface area contributed by atoms with Crippen molar-refractivity contribution in [2.75, 3.05) is 10.6 Å². The quantitative estimate of drug-likeness (QED) is 0.184. The minimum absolute atomic E-state index is 0.0708. The summed E-state index contributed by atoms with van der Waals surface area (Å²) in [6.45, 7) is 0. The van der Waals surface area contributed by atoms with Crippen LogP contribution in [0.5, 0.6) is 0 Å². The molecule has 2 unspecified atom stereocenters. The van der Waals surface area contributed by atoms with Crippen molar-refractivity contribution in [2.45, 2.75) is 23.8 Å². The molecule has 46 heavy (non-hydrogen) atoms. The van der Waals surface area contributed by atoms with Gasteiger partial charge in [-0.15, -0.1) is 0 Å². The lowest BCUT2D eigenvalue weighted by atomic mass is 9.82. The van der Waals surface area contributed by atoms with Crippen LogP contribution in [0.4, 0.5) is 17.1 Å². The Morgan fingerprint density at radius 2 is 1.17 bits per heavy atom. The molecule has 0 amide bonds. The van der Waals surface area contributed by atoms with Crippen LogP contribution in [0.25, 0.3) is 21.9 Å². The topological polar surface area (TPSA) is 24.1 Å². The first-order valence-electron chi connectivity index (χ1n) is 16.2. The van der Waals surface area contributed by atoms with Crippen molar-refractivity contribution in [1.82, 2.24) is 0 Å². The zero-order chi connectivity index (χ0) is 30.5. The summed E-state index contributed by atoms with van der Waals surface area (Å²) in [4.78, 5) is 0. The van der Waals surface area contributed by atoms with Crippen LogP contribution < -0.4 is 10.6 Å². The van der Waals surface area contributed by atoms with Gasteiger partial charge in [-0.25, -0.2) is 0 Å². The van der Waals surface area contributed by atoms with E-state index in [9.17, 15) is 0 Å². The molecule has 2 N–H and O–H groups in total. The fraction of sp³-hybridized carbons (Fsp3) is 0.0909. The molecule has 0 radical (unpaired) electrons. The number of fused-ring (bicyclic) bond motifs is 2. The Morgan fingerprint density at radius 3 is 1.91 bits per heavy atom. The van der Waals surface area contributed by atoms with E-state index in [2.05, 4.69) is 181 Å².